The molecule has 5 atom stereocenters. The number of aliphatic imine (C=N–C) groups is 1. The molecule has 3 rings (SSSR count). The van der Waals surface area contributed by atoms with Crippen LogP contribution in [-0.2, 0) is 54.0 Å². The van der Waals surface area contributed by atoms with Crippen LogP contribution in [0.4, 0.5) is 0 Å². The van der Waals surface area contributed by atoms with Crippen LogP contribution in [0.2, 0.25) is 0 Å². The van der Waals surface area contributed by atoms with Gasteiger partial charge in [-0.2, -0.15) is 0 Å². The molecule has 1 fully saturated rings. The lowest BCUT2D eigenvalue weighted by Crippen LogP contribution is -2.45. The van der Waals surface area contributed by atoms with Crippen molar-refractivity contribution in [2.45, 2.75) is 71.0 Å². The van der Waals surface area contributed by atoms with Crippen LogP contribution < -0.4 is 5.32 Å². The summed E-state index contributed by atoms with van der Waals surface area (Å²) in [6, 6.07) is 7.90. The maximum Gasteiger partial charge on any atom is 0.313 e. The van der Waals surface area contributed by atoms with Crippen LogP contribution in [0.3, 0.4) is 0 Å². The van der Waals surface area contributed by atoms with Gasteiger partial charge in [0, 0.05) is 19.4 Å². The van der Waals surface area contributed by atoms with E-state index in [1.807, 2.05) is 44.2 Å². The van der Waals surface area contributed by atoms with Crippen molar-refractivity contribution in [1.29, 1.82) is 0 Å². The maximum atomic E-state index is 13.6. The first-order valence-electron chi connectivity index (χ1n) is 15.5. The highest BCUT2D eigenvalue weighted by molar-refractivity contribution is 7.80. The molecular weight excluding hydrogens is 632 g/mol. The Hall–Kier alpha value is -4.20. The Bertz CT molecular complexity index is 1350. The number of esters is 3. The van der Waals surface area contributed by atoms with Crippen molar-refractivity contribution in [1.82, 2.24) is 5.32 Å². The van der Waals surface area contributed by atoms with E-state index in [-0.39, 0.29) is 42.5 Å². The number of carbonyl (C=O) groups is 4. The number of cyclic esters (lactones) is 1. The number of methoxy groups -OCH3 is 1. The SMILES string of the molecule is CCC(C)CC(=O)O[C@H]1[C@H](S)O/C(=C/O)[C@@H](NC(=O)C2=NCCC(OC)=C2OCOC(=O)C(C)C)COC(=O)[C@@H]1Cc1ccccc1. The van der Waals surface area contributed by atoms with Gasteiger partial charge >= 0.3 is 17.9 Å². The third kappa shape index (κ3) is 10.7. The van der Waals surface area contributed by atoms with E-state index in [9.17, 15) is 24.3 Å². The standard InChI is InChI=1S/C33H44N2O11S/c1-6-20(4)14-26(37)46-28-22(15-21-10-8-7-9-11-21)32(40)42-17-23(25(16-36)45-33(28)47)35-30(38)27-29(24(41-5)12-13-34-27)43-18-44-31(39)19(2)3/h7-11,16,19-20,22-23,28,33,36,47H,6,12-15,17-18H2,1-5H3,(H,35,38)/b25-16+/t20?,22-,23+,28-,33+/m1/s1. The molecule has 2 aliphatic rings. The first-order chi connectivity index (χ1) is 22.5. The van der Waals surface area contributed by atoms with Gasteiger partial charge in [-0.3, -0.25) is 24.2 Å². The van der Waals surface area contributed by atoms with E-state index in [1.165, 1.54) is 7.11 Å². The number of aliphatic hydroxyl groups excluding tert-OH is 1. The molecule has 0 aromatic heterocycles. The third-order valence-corrected chi connectivity index (χ3v) is 8.00. The number of nitrogens with zero attached hydrogens (tertiary/aromatic N) is 1. The zero-order valence-electron chi connectivity index (χ0n) is 27.3. The average molecular weight is 677 g/mol. The lowest BCUT2D eigenvalue weighted by molar-refractivity contribution is -0.165. The minimum atomic E-state index is -1.24. The number of ether oxygens (including phenoxy) is 6. The van der Waals surface area contributed by atoms with Gasteiger partial charge in [-0.05, 0) is 17.9 Å². The summed E-state index contributed by atoms with van der Waals surface area (Å²) in [7, 11) is 1.41. The maximum absolute atomic E-state index is 13.6. The smallest absolute Gasteiger partial charge is 0.313 e. The van der Waals surface area contributed by atoms with Gasteiger partial charge in [-0.15, -0.1) is 12.6 Å². The second-order valence-corrected chi connectivity index (χ2v) is 12.0. The number of benzene rings is 1. The third-order valence-electron chi connectivity index (χ3n) is 7.60. The van der Waals surface area contributed by atoms with Gasteiger partial charge in [0.1, 0.15) is 30.6 Å². The summed E-state index contributed by atoms with van der Waals surface area (Å²) in [5, 5.41) is 12.8. The average Bonchev–Trinajstić information content (AvgIpc) is 3.10. The molecule has 0 bridgehead atoms. The number of hydrogen-bond acceptors (Lipinski definition) is 13. The van der Waals surface area contributed by atoms with Crippen molar-refractivity contribution in [3.05, 3.63) is 59.4 Å². The molecule has 2 aliphatic heterocycles. The van der Waals surface area contributed by atoms with E-state index < -0.39 is 66.6 Å². The molecule has 1 unspecified atom stereocenters. The van der Waals surface area contributed by atoms with Gasteiger partial charge in [0.25, 0.3) is 5.91 Å². The molecule has 2 N–H and O–H groups in total. The minimum Gasteiger partial charge on any atom is -0.512 e. The molecule has 1 saturated heterocycles. The fourth-order valence-corrected chi connectivity index (χ4v) is 5.08. The molecule has 13 nitrogen and oxygen atoms in total. The van der Waals surface area contributed by atoms with Gasteiger partial charge in [-0.1, -0.05) is 64.4 Å². The zero-order valence-corrected chi connectivity index (χ0v) is 28.2. The van der Waals surface area contributed by atoms with E-state index in [0.717, 1.165) is 12.0 Å². The molecule has 47 heavy (non-hydrogen) atoms. The van der Waals surface area contributed by atoms with Crippen molar-refractivity contribution in [2.75, 3.05) is 27.1 Å². The molecular formula is C33H44N2O11S. The van der Waals surface area contributed by atoms with Gasteiger partial charge in [0.05, 0.1) is 13.0 Å². The fourth-order valence-electron chi connectivity index (χ4n) is 4.69. The molecule has 1 amide bonds. The van der Waals surface area contributed by atoms with Crippen molar-refractivity contribution < 1.29 is 52.7 Å². The van der Waals surface area contributed by atoms with Gasteiger partial charge in [0.2, 0.25) is 6.79 Å². The number of aliphatic hydroxyl groups is 1. The number of rotatable bonds is 13. The lowest BCUT2D eigenvalue weighted by atomic mass is 9.93. The highest BCUT2D eigenvalue weighted by Crippen LogP contribution is 2.29. The Morgan fingerprint density at radius 3 is 2.55 bits per heavy atom. The van der Waals surface area contributed by atoms with Gasteiger partial charge in [0.15, 0.2) is 28.8 Å². The van der Waals surface area contributed by atoms with Crippen molar-refractivity contribution in [3.8, 4) is 0 Å². The number of amides is 1. The van der Waals surface area contributed by atoms with Crippen LogP contribution >= 0.6 is 12.6 Å². The molecule has 0 radical (unpaired) electrons. The fraction of sp³-hybridized carbons (Fsp3) is 0.545. The van der Waals surface area contributed by atoms with E-state index >= 15 is 0 Å². The monoisotopic (exact) mass is 676 g/mol. The van der Waals surface area contributed by atoms with Gasteiger partial charge in [-0.25, -0.2) is 0 Å². The summed E-state index contributed by atoms with van der Waals surface area (Å²) < 4.78 is 33.5. The van der Waals surface area contributed by atoms with Crippen LogP contribution in [0, 0.1) is 17.8 Å². The van der Waals surface area contributed by atoms with Crippen LogP contribution in [0.25, 0.3) is 0 Å². The van der Waals surface area contributed by atoms with Crippen molar-refractivity contribution >= 4 is 42.2 Å². The normalized spacial score (nSPS) is 23.3. The number of dihydropyridines is 1. The first kappa shape index (κ1) is 37.3. The Morgan fingerprint density at radius 2 is 1.91 bits per heavy atom. The summed E-state index contributed by atoms with van der Waals surface area (Å²) in [4.78, 5) is 56.3. The largest absolute Gasteiger partial charge is 0.512 e. The predicted octanol–water partition coefficient (Wildman–Crippen LogP) is 3.78. The molecule has 2 heterocycles. The Balaban J connectivity index is 1.86. The topological polar surface area (TPSA) is 168 Å². The quantitative estimate of drug-likeness (QED) is 0.0914. The molecule has 14 heteroatoms. The second-order valence-electron chi connectivity index (χ2n) is 11.5. The summed E-state index contributed by atoms with van der Waals surface area (Å²) >= 11 is 4.55. The molecule has 0 aliphatic carbocycles. The van der Waals surface area contributed by atoms with E-state index in [4.69, 9.17) is 28.4 Å². The number of nitrogens with one attached hydrogen (secondary N) is 1. The Kier molecular flexibility index (Phi) is 14.4. The van der Waals surface area contributed by atoms with Crippen LogP contribution in [0.5, 0.6) is 0 Å². The lowest BCUT2D eigenvalue weighted by Gasteiger charge is -2.30. The highest BCUT2D eigenvalue weighted by atomic mass is 32.1. The van der Waals surface area contributed by atoms with Crippen molar-refractivity contribution in [3.63, 3.8) is 0 Å². The Morgan fingerprint density at radius 1 is 1.19 bits per heavy atom. The highest BCUT2D eigenvalue weighted by Gasteiger charge is 2.42. The zero-order chi connectivity index (χ0) is 34.5. The predicted molar refractivity (Wildman–Crippen MR) is 173 cm³/mol. The van der Waals surface area contributed by atoms with Crippen LogP contribution in [0.1, 0.15) is 52.5 Å². The number of carbonyl (C=O) groups excluding carboxylic acids is 4. The van der Waals surface area contributed by atoms with Gasteiger partial charge < -0.3 is 38.8 Å². The summed E-state index contributed by atoms with van der Waals surface area (Å²) in [6.07, 6.45) is 0.725. The molecule has 1 aromatic carbocycles. The molecule has 0 spiro atoms. The summed E-state index contributed by atoms with van der Waals surface area (Å²) in [5.41, 5.74) is -0.629. The molecule has 0 saturated carbocycles. The second kappa shape index (κ2) is 18.2. The number of hydrogen-bond donors (Lipinski definition) is 3. The first-order valence-corrected chi connectivity index (χ1v) is 16.0. The molecule has 1 aromatic rings. The Labute approximate surface area is 280 Å². The van der Waals surface area contributed by atoms with Crippen LogP contribution in [-0.4, -0.2) is 79.3 Å². The summed E-state index contributed by atoms with van der Waals surface area (Å²) in [6.45, 7) is 6.45. The van der Waals surface area contributed by atoms with Crippen molar-refractivity contribution in [2.24, 2.45) is 22.7 Å². The van der Waals surface area contributed by atoms with E-state index in [0.29, 0.717) is 18.4 Å². The number of thiol groups is 1. The van der Waals surface area contributed by atoms with E-state index in [2.05, 4.69) is 22.9 Å². The van der Waals surface area contributed by atoms with Crippen LogP contribution in [0.15, 0.2) is 58.9 Å². The minimum absolute atomic E-state index is 0.0356. The summed E-state index contributed by atoms with van der Waals surface area (Å²) in [5.74, 6) is -3.86. The molecule has 258 valence electrons. The van der Waals surface area contributed by atoms with E-state index in [1.54, 1.807) is 13.8 Å².